The van der Waals surface area contributed by atoms with Crippen LogP contribution in [0, 0.1) is 0 Å². The number of thioether (sulfide) groups is 1. The largest absolute Gasteiger partial charge is 0.481 e. The van der Waals surface area contributed by atoms with Gasteiger partial charge in [0.2, 0.25) is 5.91 Å². The highest BCUT2D eigenvalue weighted by Crippen LogP contribution is 2.20. The number of likely N-dealkylation sites (tertiary alicyclic amines) is 1. The second-order valence-corrected chi connectivity index (χ2v) is 5.12. The van der Waals surface area contributed by atoms with Gasteiger partial charge in [0.15, 0.2) is 0 Å². The predicted molar refractivity (Wildman–Crippen MR) is 66.0 cm³/mol. The molecule has 0 bridgehead atoms. The van der Waals surface area contributed by atoms with Crippen LogP contribution in [0.4, 0.5) is 0 Å². The summed E-state index contributed by atoms with van der Waals surface area (Å²) in [5, 5.41) is 17.4. The molecule has 0 radical (unpaired) electrons. The lowest BCUT2D eigenvalue weighted by Crippen LogP contribution is -2.45. The van der Waals surface area contributed by atoms with Gasteiger partial charge < -0.3 is 15.1 Å². The van der Waals surface area contributed by atoms with Crippen LogP contribution in [-0.2, 0) is 9.59 Å². The number of carboxylic acids is 1. The van der Waals surface area contributed by atoms with E-state index in [0.29, 0.717) is 6.42 Å². The molecule has 6 heteroatoms. The Morgan fingerprint density at radius 2 is 2.06 bits per heavy atom. The van der Waals surface area contributed by atoms with Gasteiger partial charge in [0, 0.05) is 19.2 Å². The molecule has 0 spiro atoms. The maximum absolute atomic E-state index is 11.9. The average Bonchev–Trinajstić information content (AvgIpc) is 2.29. The van der Waals surface area contributed by atoms with E-state index < -0.39 is 5.97 Å². The fraction of sp³-hybridized carbons (Fsp3) is 0.818. The molecule has 1 unspecified atom stereocenters. The second-order valence-electron chi connectivity index (χ2n) is 4.14. The highest BCUT2D eigenvalue weighted by Gasteiger charge is 2.25. The molecule has 1 amide bonds. The van der Waals surface area contributed by atoms with E-state index in [2.05, 4.69) is 0 Å². The Labute approximate surface area is 105 Å². The van der Waals surface area contributed by atoms with Gasteiger partial charge >= 0.3 is 5.97 Å². The summed E-state index contributed by atoms with van der Waals surface area (Å²) in [5.74, 6) is -0.721. The number of nitrogens with zero attached hydrogens (tertiary/aromatic N) is 1. The van der Waals surface area contributed by atoms with Crippen molar-refractivity contribution < 1.29 is 19.8 Å². The van der Waals surface area contributed by atoms with Crippen molar-refractivity contribution in [1.82, 2.24) is 4.90 Å². The Bertz CT molecular complexity index is 270. The summed E-state index contributed by atoms with van der Waals surface area (Å²) in [4.78, 5) is 24.0. The van der Waals surface area contributed by atoms with Crippen molar-refractivity contribution in [3.63, 3.8) is 0 Å². The van der Waals surface area contributed by atoms with Gasteiger partial charge in [-0.25, -0.2) is 0 Å². The number of hydrogen-bond donors (Lipinski definition) is 2. The summed E-state index contributed by atoms with van der Waals surface area (Å²) in [6, 6.07) is 0.131. The van der Waals surface area contributed by atoms with E-state index in [9.17, 15) is 9.59 Å². The zero-order valence-corrected chi connectivity index (χ0v) is 10.6. The third-order valence-corrected chi connectivity index (χ3v) is 3.76. The zero-order valence-electron chi connectivity index (χ0n) is 9.80. The van der Waals surface area contributed by atoms with Crippen LogP contribution in [0.2, 0.25) is 0 Å². The Kier molecular flexibility index (Phi) is 6.36. The molecule has 1 atom stereocenters. The fourth-order valence-corrected chi connectivity index (χ4v) is 2.70. The summed E-state index contributed by atoms with van der Waals surface area (Å²) >= 11 is 1.13. The first kappa shape index (κ1) is 14.3. The molecule has 1 fully saturated rings. The van der Waals surface area contributed by atoms with Crippen molar-refractivity contribution in [2.24, 2.45) is 0 Å². The monoisotopic (exact) mass is 261 g/mol. The van der Waals surface area contributed by atoms with Crippen LogP contribution >= 0.6 is 11.8 Å². The minimum atomic E-state index is -0.895. The van der Waals surface area contributed by atoms with Crippen LogP contribution in [-0.4, -0.2) is 57.7 Å². The number of aliphatic hydroxyl groups is 1. The lowest BCUT2D eigenvalue weighted by molar-refractivity contribution is -0.134. The van der Waals surface area contributed by atoms with Gasteiger partial charge in [0.1, 0.15) is 0 Å². The molecular formula is C11H19NO4S. The van der Waals surface area contributed by atoms with Gasteiger partial charge in [0.25, 0.3) is 0 Å². The van der Waals surface area contributed by atoms with E-state index in [-0.39, 0.29) is 30.1 Å². The van der Waals surface area contributed by atoms with Crippen LogP contribution in [0.15, 0.2) is 0 Å². The van der Waals surface area contributed by atoms with Crippen LogP contribution in [0.5, 0.6) is 0 Å². The van der Waals surface area contributed by atoms with Crippen molar-refractivity contribution in [1.29, 1.82) is 0 Å². The quantitative estimate of drug-likeness (QED) is 0.731. The molecule has 98 valence electrons. The van der Waals surface area contributed by atoms with Gasteiger partial charge in [-0.05, 0) is 25.7 Å². The topological polar surface area (TPSA) is 77.8 Å². The fourth-order valence-electron chi connectivity index (χ4n) is 2.09. The lowest BCUT2D eigenvalue weighted by atomic mass is 10.00. The molecule has 1 aliphatic rings. The number of rotatable bonds is 6. The predicted octanol–water partition coefficient (Wildman–Crippen LogP) is 0.568. The molecule has 1 saturated heterocycles. The number of piperidine rings is 1. The number of carbonyl (C=O) groups excluding carboxylic acids is 1. The van der Waals surface area contributed by atoms with Gasteiger partial charge in [-0.3, -0.25) is 9.59 Å². The summed E-state index contributed by atoms with van der Waals surface area (Å²) in [5.41, 5.74) is 0. The highest BCUT2D eigenvalue weighted by molar-refractivity contribution is 8.00. The lowest BCUT2D eigenvalue weighted by Gasteiger charge is -2.35. The van der Waals surface area contributed by atoms with Crippen molar-refractivity contribution in [2.45, 2.75) is 31.7 Å². The number of aliphatic hydroxyl groups excluding tert-OH is 1. The number of carboxylic acid groups (broad SMARTS) is 1. The van der Waals surface area contributed by atoms with Crippen LogP contribution < -0.4 is 0 Å². The molecule has 17 heavy (non-hydrogen) atoms. The molecule has 2 N–H and O–H groups in total. The smallest absolute Gasteiger partial charge is 0.313 e. The molecular weight excluding hydrogens is 242 g/mol. The van der Waals surface area contributed by atoms with Crippen molar-refractivity contribution in [2.75, 3.05) is 24.7 Å². The maximum atomic E-state index is 11.9. The molecule has 0 aromatic rings. The third-order valence-electron chi connectivity index (χ3n) is 2.86. The van der Waals surface area contributed by atoms with Crippen molar-refractivity contribution >= 4 is 23.6 Å². The van der Waals surface area contributed by atoms with E-state index in [4.69, 9.17) is 10.2 Å². The highest BCUT2D eigenvalue weighted by atomic mass is 32.2. The van der Waals surface area contributed by atoms with E-state index in [1.54, 1.807) is 4.90 Å². The normalized spacial score (nSPS) is 20.3. The van der Waals surface area contributed by atoms with Crippen LogP contribution in [0.25, 0.3) is 0 Å². The van der Waals surface area contributed by atoms with Gasteiger partial charge in [0.05, 0.1) is 11.5 Å². The standard InChI is InChI=1S/C11H19NO4S/c13-6-4-9-3-1-2-5-12(9)10(14)7-17-8-11(15)16/h9,13H,1-8H2,(H,15,16). The molecule has 0 aromatic carbocycles. The van der Waals surface area contributed by atoms with Crippen LogP contribution in [0.3, 0.4) is 0 Å². The van der Waals surface area contributed by atoms with Crippen LogP contribution in [0.1, 0.15) is 25.7 Å². The Hall–Kier alpha value is -0.750. The minimum absolute atomic E-state index is 0.00519. The molecule has 1 rings (SSSR count). The maximum Gasteiger partial charge on any atom is 0.313 e. The molecule has 0 aromatic heterocycles. The van der Waals surface area contributed by atoms with Gasteiger partial charge in [-0.1, -0.05) is 0 Å². The van der Waals surface area contributed by atoms with E-state index in [1.165, 1.54) is 0 Å². The molecule has 0 saturated carbocycles. The first-order valence-electron chi connectivity index (χ1n) is 5.85. The Morgan fingerprint density at radius 1 is 1.29 bits per heavy atom. The Morgan fingerprint density at radius 3 is 2.71 bits per heavy atom. The molecule has 0 aliphatic carbocycles. The molecule has 1 aliphatic heterocycles. The number of hydrogen-bond acceptors (Lipinski definition) is 4. The van der Waals surface area contributed by atoms with Gasteiger partial charge in [-0.2, -0.15) is 0 Å². The van der Waals surface area contributed by atoms with E-state index in [1.807, 2.05) is 0 Å². The van der Waals surface area contributed by atoms with E-state index >= 15 is 0 Å². The second kappa shape index (κ2) is 7.55. The number of carbonyl (C=O) groups is 2. The van der Waals surface area contributed by atoms with Gasteiger partial charge in [-0.15, -0.1) is 11.8 Å². The summed E-state index contributed by atoms with van der Waals surface area (Å²) in [7, 11) is 0. The zero-order chi connectivity index (χ0) is 12.7. The first-order chi connectivity index (χ1) is 8.15. The third kappa shape index (κ3) is 4.95. The average molecular weight is 261 g/mol. The number of aliphatic carboxylic acids is 1. The SMILES string of the molecule is O=C(O)CSCC(=O)N1CCCCC1CCO. The molecule has 5 nitrogen and oxygen atoms in total. The summed E-state index contributed by atoms with van der Waals surface area (Å²) < 4.78 is 0. The molecule has 1 heterocycles. The Balaban J connectivity index is 2.38. The first-order valence-corrected chi connectivity index (χ1v) is 7.00. The minimum Gasteiger partial charge on any atom is -0.481 e. The summed E-state index contributed by atoms with van der Waals surface area (Å²) in [6.45, 7) is 0.827. The van der Waals surface area contributed by atoms with E-state index in [0.717, 1.165) is 37.6 Å². The number of amides is 1. The van der Waals surface area contributed by atoms with Crippen molar-refractivity contribution in [3.05, 3.63) is 0 Å². The van der Waals surface area contributed by atoms with Crippen molar-refractivity contribution in [3.8, 4) is 0 Å². The summed E-state index contributed by atoms with van der Waals surface area (Å²) in [6.07, 6.45) is 3.65.